The van der Waals surface area contributed by atoms with Gasteiger partial charge in [-0.2, -0.15) is 4.31 Å². The smallest absolute Gasteiger partial charge is 0.251 e. The van der Waals surface area contributed by atoms with Gasteiger partial charge >= 0.3 is 0 Å². The van der Waals surface area contributed by atoms with Crippen molar-refractivity contribution in [1.82, 2.24) is 14.6 Å². The summed E-state index contributed by atoms with van der Waals surface area (Å²) in [7, 11) is -3.66. The summed E-state index contributed by atoms with van der Waals surface area (Å²) in [5, 5.41) is 2.92. The summed E-state index contributed by atoms with van der Waals surface area (Å²) >= 11 is 0. The van der Waals surface area contributed by atoms with E-state index in [1.54, 1.807) is 28.8 Å². The van der Waals surface area contributed by atoms with Gasteiger partial charge in [0.25, 0.3) is 5.91 Å². The maximum atomic E-state index is 13.6. The summed E-state index contributed by atoms with van der Waals surface area (Å²) in [6.07, 6.45) is 10.3. The van der Waals surface area contributed by atoms with Crippen molar-refractivity contribution < 1.29 is 13.2 Å². The zero-order valence-electron chi connectivity index (χ0n) is 18.5. The van der Waals surface area contributed by atoms with Gasteiger partial charge in [-0.05, 0) is 68.4 Å². The predicted octanol–water partition coefficient (Wildman–Crippen LogP) is 3.22. The second kappa shape index (κ2) is 10.4. The molecule has 2 aromatic rings. The number of rotatable bonds is 7. The monoisotopic (exact) mass is 456 g/mol. The van der Waals surface area contributed by atoms with E-state index in [-0.39, 0.29) is 10.8 Å². The molecule has 0 atom stereocenters. The molecular weight excluding hydrogens is 424 g/mol. The molecule has 1 aromatic heterocycles. The first-order valence-electron chi connectivity index (χ1n) is 11.6. The molecule has 0 bridgehead atoms. The van der Waals surface area contributed by atoms with Crippen LogP contribution >= 0.6 is 0 Å². The lowest BCUT2D eigenvalue weighted by Gasteiger charge is -2.33. The van der Waals surface area contributed by atoms with E-state index in [2.05, 4.69) is 15.2 Å². The third-order valence-corrected chi connectivity index (χ3v) is 8.20. The number of benzene rings is 1. The summed E-state index contributed by atoms with van der Waals surface area (Å²) < 4.78 is 28.8. The predicted molar refractivity (Wildman–Crippen MR) is 125 cm³/mol. The van der Waals surface area contributed by atoms with Crippen LogP contribution in [0, 0.1) is 0 Å². The highest BCUT2D eigenvalue weighted by molar-refractivity contribution is 7.89. The van der Waals surface area contributed by atoms with Crippen molar-refractivity contribution in [3.05, 3.63) is 53.9 Å². The van der Waals surface area contributed by atoms with Crippen molar-refractivity contribution in [2.24, 2.45) is 0 Å². The van der Waals surface area contributed by atoms with Crippen LogP contribution < -0.4 is 10.2 Å². The van der Waals surface area contributed by atoms with Gasteiger partial charge in [-0.1, -0.05) is 12.5 Å². The topological polar surface area (TPSA) is 82.6 Å². The van der Waals surface area contributed by atoms with Crippen LogP contribution in [0.15, 0.2) is 47.6 Å². The normalized spacial score (nSPS) is 17.8. The van der Waals surface area contributed by atoms with Crippen molar-refractivity contribution in [3.8, 4) is 0 Å². The minimum absolute atomic E-state index is 0.255. The number of nitrogens with one attached hydrogen (secondary N) is 1. The zero-order chi connectivity index (χ0) is 22.4. The molecule has 0 saturated carbocycles. The highest BCUT2D eigenvalue weighted by atomic mass is 32.2. The van der Waals surface area contributed by atoms with Crippen molar-refractivity contribution in [2.75, 3.05) is 37.6 Å². The van der Waals surface area contributed by atoms with Gasteiger partial charge in [0.15, 0.2) is 0 Å². The summed E-state index contributed by atoms with van der Waals surface area (Å²) in [6, 6.07) is 8.98. The zero-order valence-corrected chi connectivity index (χ0v) is 19.3. The van der Waals surface area contributed by atoms with E-state index in [9.17, 15) is 13.2 Å². The quantitative estimate of drug-likeness (QED) is 0.692. The van der Waals surface area contributed by atoms with Gasteiger partial charge in [-0.3, -0.25) is 9.78 Å². The van der Waals surface area contributed by atoms with E-state index in [1.807, 2.05) is 18.2 Å². The number of hydrogen-bond donors (Lipinski definition) is 1. The summed E-state index contributed by atoms with van der Waals surface area (Å²) in [4.78, 5) is 19.3. The number of anilines is 1. The van der Waals surface area contributed by atoms with Crippen LogP contribution in [-0.2, 0) is 16.4 Å². The second-order valence-corrected chi connectivity index (χ2v) is 10.5. The van der Waals surface area contributed by atoms with Gasteiger partial charge in [0.1, 0.15) is 4.90 Å². The fourth-order valence-corrected chi connectivity index (χ4v) is 6.23. The Balaban J connectivity index is 1.57. The molecule has 172 valence electrons. The molecule has 7 nitrogen and oxygen atoms in total. The van der Waals surface area contributed by atoms with Crippen LogP contribution in [0.1, 0.15) is 54.4 Å². The molecule has 3 heterocycles. The van der Waals surface area contributed by atoms with E-state index in [4.69, 9.17) is 0 Å². The molecule has 2 saturated heterocycles. The highest BCUT2D eigenvalue weighted by Crippen LogP contribution is 2.32. The molecule has 0 unspecified atom stereocenters. The number of nitrogens with zero attached hydrogens (tertiary/aromatic N) is 3. The fourth-order valence-electron chi connectivity index (χ4n) is 4.47. The van der Waals surface area contributed by atoms with Crippen LogP contribution in [0.4, 0.5) is 5.69 Å². The number of amides is 1. The minimum Gasteiger partial charge on any atom is -0.370 e. The molecule has 0 spiro atoms. The molecule has 1 amide bonds. The van der Waals surface area contributed by atoms with E-state index < -0.39 is 10.0 Å². The Kier molecular flexibility index (Phi) is 7.42. The van der Waals surface area contributed by atoms with E-state index in [0.29, 0.717) is 31.6 Å². The minimum atomic E-state index is -3.66. The molecule has 2 fully saturated rings. The van der Waals surface area contributed by atoms with Crippen LogP contribution in [0.25, 0.3) is 0 Å². The molecule has 4 rings (SSSR count). The van der Waals surface area contributed by atoms with Crippen molar-refractivity contribution in [3.63, 3.8) is 0 Å². The number of hydrogen-bond acceptors (Lipinski definition) is 5. The van der Waals surface area contributed by atoms with Crippen LogP contribution in [0.2, 0.25) is 0 Å². The molecule has 32 heavy (non-hydrogen) atoms. The summed E-state index contributed by atoms with van der Waals surface area (Å²) in [5.41, 5.74) is 2.15. The molecule has 2 aliphatic rings. The average molecular weight is 457 g/mol. The van der Waals surface area contributed by atoms with Crippen LogP contribution in [0.3, 0.4) is 0 Å². The van der Waals surface area contributed by atoms with Gasteiger partial charge < -0.3 is 10.2 Å². The molecule has 0 radical (unpaired) electrons. The highest BCUT2D eigenvalue weighted by Gasteiger charge is 2.31. The van der Waals surface area contributed by atoms with Gasteiger partial charge in [0, 0.05) is 50.7 Å². The Hall–Kier alpha value is -2.45. The van der Waals surface area contributed by atoms with Crippen molar-refractivity contribution >= 4 is 21.6 Å². The number of pyridine rings is 1. The number of carbonyl (C=O) groups is 1. The number of sulfonamides is 1. The average Bonchev–Trinajstić information content (AvgIpc) is 2.85. The lowest BCUT2D eigenvalue weighted by atomic mass is 10.1. The van der Waals surface area contributed by atoms with Gasteiger partial charge in [-0.25, -0.2) is 8.42 Å². The Labute approximate surface area is 190 Å². The third kappa shape index (κ3) is 5.30. The van der Waals surface area contributed by atoms with Gasteiger partial charge in [0.2, 0.25) is 10.0 Å². The van der Waals surface area contributed by atoms with E-state index in [0.717, 1.165) is 56.4 Å². The van der Waals surface area contributed by atoms with Crippen LogP contribution in [-0.4, -0.2) is 56.3 Å². The lowest BCUT2D eigenvalue weighted by Crippen LogP contribution is -2.38. The largest absolute Gasteiger partial charge is 0.370 e. The van der Waals surface area contributed by atoms with E-state index in [1.165, 1.54) is 6.42 Å². The lowest BCUT2D eigenvalue weighted by molar-refractivity contribution is 0.0954. The van der Waals surface area contributed by atoms with Crippen molar-refractivity contribution in [2.45, 2.75) is 49.8 Å². The van der Waals surface area contributed by atoms with Crippen LogP contribution in [0.5, 0.6) is 0 Å². The second-order valence-electron chi connectivity index (χ2n) is 8.56. The number of carbonyl (C=O) groups excluding carboxylic acids is 1. The summed E-state index contributed by atoms with van der Waals surface area (Å²) in [5.74, 6) is -0.255. The van der Waals surface area contributed by atoms with Crippen molar-refractivity contribution in [1.29, 1.82) is 0 Å². The Morgan fingerprint density at radius 2 is 1.69 bits per heavy atom. The fraction of sp³-hybridized carbons (Fsp3) is 0.500. The van der Waals surface area contributed by atoms with Gasteiger partial charge in [0.05, 0.1) is 5.69 Å². The third-order valence-electron chi connectivity index (χ3n) is 6.27. The number of aromatic nitrogens is 1. The molecule has 8 heteroatoms. The first kappa shape index (κ1) is 22.7. The number of piperidine rings is 2. The Morgan fingerprint density at radius 1 is 0.969 bits per heavy atom. The maximum absolute atomic E-state index is 13.6. The van der Waals surface area contributed by atoms with Gasteiger partial charge in [-0.15, -0.1) is 0 Å². The maximum Gasteiger partial charge on any atom is 0.251 e. The molecular formula is C24H32N4O3S. The molecule has 0 aliphatic carbocycles. The standard InChI is InChI=1S/C24H32N4O3S/c29-24(26-13-11-20-8-7-12-25-19-20)21-9-10-22(27-14-3-1-4-15-27)23(18-21)32(30,31)28-16-5-2-6-17-28/h7-10,12,18-19H,1-6,11,13-17H2,(H,26,29). The first-order valence-corrected chi connectivity index (χ1v) is 13.1. The SMILES string of the molecule is O=C(NCCc1cccnc1)c1ccc(N2CCCCC2)c(S(=O)(=O)N2CCCCC2)c1. The molecule has 2 aliphatic heterocycles. The Bertz CT molecular complexity index is 1010. The Morgan fingerprint density at radius 3 is 2.38 bits per heavy atom. The summed E-state index contributed by atoms with van der Waals surface area (Å²) in [6.45, 7) is 3.25. The van der Waals surface area contributed by atoms with E-state index >= 15 is 0 Å². The molecule has 1 N–H and O–H groups in total. The molecule has 1 aromatic carbocycles. The first-order chi connectivity index (χ1) is 15.6.